The van der Waals surface area contributed by atoms with Crippen LogP contribution in [0.1, 0.15) is 15.9 Å². The number of benzene rings is 2. The van der Waals surface area contributed by atoms with Gasteiger partial charge in [-0.1, -0.05) is 0 Å². The molecule has 6 rings (SSSR count). The molecule has 14 heteroatoms. The Morgan fingerprint density at radius 1 is 1.05 bits per heavy atom. The van der Waals surface area contributed by atoms with Gasteiger partial charge in [0.2, 0.25) is 11.7 Å². The Morgan fingerprint density at radius 3 is 2.48 bits per heavy atom. The maximum Gasteiger partial charge on any atom is 0.254 e. The summed E-state index contributed by atoms with van der Waals surface area (Å²) in [6.45, 7) is 3.28. The largest absolute Gasteiger partial charge is 0.494 e. The number of piperazine rings is 1. The lowest BCUT2D eigenvalue weighted by molar-refractivity contribution is -0.137. The number of aliphatic hydroxyl groups is 2. The van der Waals surface area contributed by atoms with E-state index in [2.05, 4.69) is 20.6 Å². The number of fused-ring (bicyclic) bond motifs is 1. The minimum absolute atomic E-state index is 0.0171. The number of carbonyl (C=O) groups is 2. The predicted octanol–water partition coefficient (Wildman–Crippen LogP) is 1.71. The summed E-state index contributed by atoms with van der Waals surface area (Å²) in [4.78, 5) is 38.2. The summed E-state index contributed by atoms with van der Waals surface area (Å²) >= 11 is 0. The molecule has 0 aliphatic carbocycles. The fourth-order valence-corrected chi connectivity index (χ4v) is 5.65. The van der Waals surface area contributed by atoms with E-state index < -0.39 is 29.9 Å². The van der Waals surface area contributed by atoms with Gasteiger partial charge in [0.1, 0.15) is 12.1 Å². The van der Waals surface area contributed by atoms with Gasteiger partial charge in [0, 0.05) is 61.9 Å². The van der Waals surface area contributed by atoms with Crippen molar-refractivity contribution in [1.82, 2.24) is 29.5 Å². The van der Waals surface area contributed by atoms with Crippen LogP contribution in [0.5, 0.6) is 5.75 Å². The number of amides is 2. The zero-order valence-corrected chi connectivity index (χ0v) is 24.0. The van der Waals surface area contributed by atoms with Crippen LogP contribution in [0.15, 0.2) is 48.9 Å². The zero-order chi connectivity index (χ0) is 31.1. The van der Waals surface area contributed by atoms with Gasteiger partial charge < -0.3 is 35.4 Å². The van der Waals surface area contributed by atoms with Gasteiger partial charge >= 0.3 is 0 Å². The second-order valence-electron chi connectivity index (χ2n) is 10.8. The van der Waals surface area contributed by atoms with Crippen LogP contribution in [0.25, 0.3) is 16.9 Å². The van der Waals surface area contributed by atoms with Crippen LogP contribution in [0.3, 0.4) is 0 Å². The van der Waals surface area contributed by atoms with Crippen molar-refractivity contribution in [2.75, 3.05) is 45.2 Å². The Bertz CT molecular complexity index is 1740. The number of hydrogen-bond donors (Lipinski definition) is 4. The van der Waals surface area contributed by atoms with Gasteiger partial charge in [0.05, 0.1) is 25.1 Å². The Balaban J connectivity index is 1.15. The first-order chi connectivity index (χ1) is 21.2. The number of halogens is 2. The Labute approximate surface area is 250 Å². The third-order valence-electron chi connectivity index (χ3n) is 8.12. The SMILES string of the molecule is COc1ccc(-c2cnc3c(Nc4ccc(C(=O)N5CCN(C(=O)[C@@H]6NC[C@@H](O)[C@H]6O)CC5)c(C)c4)nccn23)c(F)c1F. The molecule has 0 radical (unpaired) electrons. The summed E-state index contributed by atoms with van der Waals surface area (Å²) in [7, 11) is 1.26. The molecule has 2 aliphatic heterocycles. The van der Waals surface area contributed by atoms with Crippen LogP contribution < -0.4 is 15.4 Å². The molecule has 4 heterocycles. The second kappa shape index (κ2) is 11.8. The van der Waals surface area contributed by atoms with E-state index in [1.165, 1.54) is 31.6 Å². The van der Waals surface area contributed by atoms with Crippen LogP contribution in [-0.2, 0) is 4.79 Å². The normalized spacial score (nSPS) is 20.3. The number of anilines is 2. The number of ether oxygens (including phenoxy) is 1. The first-order valence-electron chi connectivity index (χ1n) is 14.1. The molecule has 0 bridgehead atoms. The van der Waals surface area contributed by atoms with Crippen molar-refractivity contribution >= 4 is 29.0 Å². The predicted molar refractivity (Wildman–Crippen MR) is 156 cm³/mol. The number of nitrogens with one attached hydrogen (secondary N) is 2. The van der Waals surface area contributed by atoms with Crippen molar-refractivity contribution in [2.24, 2.45) is 0 Å². The number of nitrogens with zero attached hydrogens (tertiary/aromatic N) is 5. The summed E-state index contributed by atoms with van der Waals surface area (Å²) in [5, 5.41) is 25.8. The Kier molecular flexibility index (Phi) is 7.88. The molecular weight excluding hydrogens is 576 g/mol. The molecule has 0 saturated carbocycles. The van der Waals surface area contributed by atoms with E-state index in [1.807, 2.05) is 6.92 Å². The third kappa shape index (κ3) is 5.20. The van der Waals surface area contributed by atoms with Crippen LogP contribution in [0.4, 0.5) is 20.3 Å². The maximum absolute atomic E-state index is 14.8. The van der Waals surface area contributed by atoms with Crippen LogP contribution in [0, 0.1) is 18.6 Å². The van der Waals surface area contributed by atoms with Gasteiger partial charge in [-0.15, -0.1) is 0 Å². The van der Waals surface area contributed by atoms with Crippen molar-refractivity contribution in [3.8, 4) is 17.0 Å². The van der Waals surface area contributed by atoms with Crippen LogP contribution >= 0.6 is 0 Å². The summed E-state index contributed by atoms with van der Waals surface area (Å²) in [5.41, 5.74) is 2.61. The molecule has 0 spiro atoms. The number of aromatic nitrogens is 3. The Morgan fingerprint density at radius 2 is 1.80 bits per heavy atom. The van der Waals surface area contributed by atoms with Gasteiger partial charge in [0.15, 0.2) is 23.0 Å². The van der Waals surface area contributed by atoms with Crippen LogP contribution in [0.2, 0.25) is 0 Å². The maximum atomic E-state index is 14.8. The van der Waals surface area contributed by atoms with E-state index in [0.717, 1.165) is 5.56 Å². The molecule has 2 aromatic carbocycles. The molecule has 2 saturated heterocycles. The fraction of sp³-hybridized carbons (Fsp3) is 0.333. The topological polar surface area (TPSA) is 145 Å². The number of aryl methyl sites for hydroxylation is 1. The van der Waals surface area contributed by atoms with E-state index >= 15 is 0 Å². The van der Waals surface area contributed by atoms with Crippen molar-refractivity contribution in [1.29, 1.82) is 0 Å². The summed E-state index contributed by atoms with van der Waals surface area (Å²) in [6, 6.07) is 7.18. The van der Waals surface area contributed by atoms with Gasteiger partial charge in [-0.25, -0.2) is 14.4 Å². The molecule has 0 unspecified atom stereocenters. The fourth-order valence-electron chi connectivity index (χ4n) is 5.65. The van der Waals surface area contributed by atoms with Crippen molar-refractivity contribution in [3.05, 3.63) is 71.7 Å². The van der Waals surface area contributed by atoms with Gasteiger partial charge in [-0.3, -0.25) is 14.0 Å². The lowest BCUT2D eigenvalue weighted by Gasteiger charge is -2.36. The number of aliphatic hydroxyl groups excluding tert-OH is 2. The first kappa shape index (κ1) is 29.4. The first-order valence-corrected chi connectivity index (χ1v) is 14.1. The number of β-amino-alcohol motifs (C(OH)–C–C–N with tert-alkyl or cyclic N) is 1. The molecule has 4 N–H and O–H groups in total. The highest BCUT2D eigenvalue weighted by atomic mass is 19.2. The summed E-state index contributed by atoms with van der Waals surface area (Å²) < 4.78 is 35.7. The average Bonchev–Trinajstić information content (AvgIpc) is 3.61. The second-order valence-corrected chi connectivity index (χ2v) is 10.8. The number of imidazole rings is 1. The van der Waals surface area contributed by atoms with Gasteiger partial charge in [-0.05, 0) is 42.8 Å². The molecule has 2 aliphatic rings. The molecule has 12 nitrogen and oxygen atoms in total. The molecule has 2 fully saturated rings. The van der Waals surface area contributed by atoms with E-state index in [1.54, 1.807) is 38.6 Å². The van der Waals surface area contributed by atoms with Gasteiger partial charge in [0.25, 0.3) is 5.91 Å². The highest BCUT2D eigenvalue weighted by Gasteiger charge is 2.40. The van der Waals surface area contributed by atoms with E-state index in [-0.39, 0.29) is 29.7 Å². The number of carbonyl (C=O) groups excluding carboxylic acids is 2. The molecule has 230 valence electrons. The van der Waals surface area contributed by atoms with Crippen molar-refractivity contribution in [2.45, 2.75) is 25.2 Å². The molecule has 4 aromatic rings. The summed E-state index contributed by atoms with van der Waals surface area (Å²) in [6.07, 6.45) is 2.40. The molecule has 2 amide bonds. The standard InChI is InChI=1S/C30H31F2N7O5/c1-16-13-17(3-4-18(16)29(42)37-9-11-38(12-10-37)30(43)25-26(41)21(40)15-34-25)36-27-28-35-14-20(39(28)8-7-33-27)19-5-6-22(44-2)24(32)23(19)31/h3-8,13-14,21,25-26,34,40-41H,9-12,15H2,1-2H3,(H,33,36)/t21-,25-,26-/m1/s1. The monoisotopic (exact) mass is 607 g/mol. The van der Waals surface area contributed by atoms with Crippen molar-refractivity contribution in [3.63, 3.8) is 0 Å². The highest BCUT2D eigenvalue weighted by molar-refractivity contribution is 5.96. The number of methoxy groups -OCH3 is 1. The number of rotatable bonds is 6. The number of hydrogen-bond acceptors (Lipinski definition) is 9. The highest BCUT2D eigenvalue weighted by Crippen LogP contribution is 2.32. The minimum atomic E-state index is -1.16. The zero-order valence-electron chi connectivity index (χ0n) is 24.0. The van der Waals surface area contributed by atoms with E-state index in [4.69, 9.17) is 4.74 Å². The minimum Gasteiger partial charge on any atom is -0.494 e. The Hall–Kier alpha value is -4.66. The third-order valence-corrected chi connectivity index (χ3v) is 8.12. The lowest BCUT2D eigenvalue weighted by Crippen LogP contribution is -2.56. The smallest absolute Gasteiger partial charge is 0.254 e. The van der Waals surface area contributed by atoms with Crippen molar-refractivity contribution < 1.29 is 33.3 Å². The molecule has 3 atom stereocenters. The average molecular weight is 608 g/mol. The summed E-state index contributed by atoms with van der Waals surface area (Å²) in [5.74, 6) is -2.41. The van der Waals surface area contributed by atoms with Crippen LogP contribution in [-0.4, -0.2) is 104 Å². The van der Waals surface area contributed by atoms with E-state index in [9.17, 15) is 28.6 Å². The molecule has 44 heavy (non-hydrogen) atoms. The van der Waals surface area contributed by atoms with E-state index in [0.29, 0.717) is 54.6 Å². The molecule has 2 aromatic heterocycles. The lowest BCUT2D eigenvalue weighted by atomic mass is 10.1. The van der Waals surface area contributed by atoms with Gasteiger partial charge in [-0.2, -0.15) is 4.39 Å². The molecular formula is C30H31F2N7O5. The quantitative estimate of drug-likeness (QED) is 0.258.